The Morgan fingerprint density at radius 3 is 2.81 bits per heavy atom. The second-order valence-corrected chi connectivity index (χ2v) is 10.5. The number of allylic oxidation sites excluding steroid dienone is 2. The monoisotopic (exact) mass is 444 g/mol. The second-order valence-electron chi connectivity index (χ2n) is 10.5. The van der Waals surface area contributed by atoms with E-state index in [2.05, 4.69) is 33.4 Å². The fraction of sp³-hybridized carbons (Fsp3) is 0.704. The van der Waals surface area contributed by atoms with Crippen molar-refractivity contribution in [1.82, 2.24) is 0 Å². The van der Waals surface area contributed by atoms with Gasteiger partial charge in [0.1, 0.15) is 6.10 Å². The molecule has 0 aromatic heterocycles. The zero-order valence-electron chi connectivity index (χ0n) is 20.2. The normalized spacial score (nSPS) is 35.2. The molecule has 5 atom stereocenters. The largest absolute Gasteiger partial charge is 0.465 e. The van der Waals surface area contributed by atoms with Crippen molar-refractivity contribution in [1.29, 1.82) is 0 Å². The van der Waals surface area contributed by atoms with E-state index in [9.17, 15) is 14.7 Å². The predicted octanol–water partition coefficient (Wildman–Crippen LogP) is 5.29. The molecule has 1 aliphatic heterocycles. The van der Waals surface area contributed by atoms with Crippen molar-refractivity contribution >= 4 is 11.9 Å². The lowest BCUT2D eigenvalue weighted by Crippen LogP contribution is -2.54. The maximum atomic E-state index is 11.8. The van der Waals surface area contributed by atoms with E-state index in [-0.39, 0.29) is 35.5 Å². The minimum Gasteiger partial charge on any atom is -0.465 e. The molecule has 0 aromatic carbocycles. The third kappa shape index (κ3) is 4.88. The Balaban J connectivity index is 1.78. The van der Waals surface area contributed by atoms with E-state index < -0.39 is 0 Å². The molecule has 3 aliphatic rings. The van der Waals surface area contributed by atoms with E-state index in [1.54, 1.807) is 0 Å². The highest BCUT2D eigenvalue weighted by atomic mass is 16.5. The first-order chi connectivity index (χ1) is 15.1. The smallest absolute Gasteiger partial charge is 0.331 e. The molecule has 2 fully saturated rings. The van der Waals surface area contributed by atoms with E-state index in [0.717, 1.165) is 44.9 Å². The molecular weight excluding hydrogens is 404 g/mol. The molecule has 0 amide bonds. The van der Waals surface area contributed by atoms with Crippen molar-refractivity contribution in [2.75, 3.05) is 13.2 Å². The average Bonchev–Trinajstić information content (AvgIpc) is 3.12. The Kier molecular flexibility index (Phi) is 7.69. The zero-order chi connectivity index (χ0) is 23.5. The second kappa shape index (κ2) is 9.94. The van der Waals surface area contributed by atoms with Crippen molar-refractivity contribution in [3.63, 3.8) is 0 Å². The van der Waals surface area contributed by atoms with Crippen molar-refractivity contribution in [3.8, 4) is 0 Å². The van der Waals surface area contributed by atoms with Crippen LogP contribution < -0.4 is 0 Å². The van der Waals surface area contributed by atoms with Gasteiger partial charge in [0.25, 0.3) is 0 Å². The highest BCUT2D eigenvalue weighted by Gasteiger charge is 2.56. The summed E-state index contributed by atoms with van der Waals surface area (Å²) in [6, 6.07) is 0. The lowest BCUT2D eigenvalue weighted by Gasteiger charge is -2.59. The van der Waals surface area contributed by atoms with Gasteiger partial charge in [0.05, 0.1) is 13.2 Å². The molecule has 0 spiro atoms. The summed E-state index contributed by atoms with van der Waals surface area (Å²) in [4.78, 5) is 23.3. The van der Waals surface area contributed by atoms with Gasteiger partial charge >= 0.3 is 11.9 Å². The lowest BCUT2D eigenvalue weighted by atomic mass is 9.45. The molecule has 0 saturated heterocycles. The molecule has 0 radical (unpaired) electrons. The first-order valence-electron chi connectivity index (χ1n) is 12.1. The van der Waals surface area contributed by atoms with Crippen LogP contribution in [0.25, 0.3) is 0 Å². The number of esters is 2. The Morgan fingerprint density at radius 2 is 2.12 bits per heavy atom. The average molecular weight is 445 g/mol. The van der Waals surface area contributed by atoms with Gasteiger partial charge in [-0.3, -0.25) is 4.79 Å². The van der Waals surface area contributed by atoms with Gasteiger partial charge < -0.3 is 14.6 Å². The number of rotatable bonds is 8. The van der Waals surface area contributed by atoms with Crippen LogP contribution in [0, 0.1) is 22.7 Å². The van der Waals surface area contributed by atoms with Crippen LogP contribution in [-0.2, 0) is 19.1 Å². The van der Waals surface area contributed by atoms with Crippen molar-refractivity contribution in [2.45, 2.75) is 85.2 Å². The number of carbonyl (C=O) groups is 2. The SMILES string of the molecule is C=C1CCCC2C1(C)CCC(C)C2(CCC(C)=CCC1OC(=O)C=C1CO)COC(C)=O. The maximum absolute atomic E-state index is 11.8. The number of aliphatic hydroxyl groups is 1. The van der Waals surface area contributed by atoms with Gasteiger partial charge in [-0.2, -0.15) is 0 Å². The first kappa shape index (κ1) is 24.8. The number of cyclic esters (lactones) is 1. The zero-order valence-corrected chi connectivity index (χ0v) is 20.2. The number of ether oxygens (including phenoxy) is 2. The summed E-state index contributed by atoms with van der Waals surface area (Å²) in [7, 11) is 0. The highest BCUT2D eigenvalue weighted by Crippen LogP contribution is 2.63. The third-order valence-corrected chi connectivity index (χ3v) is 8.69. The summed E-state index contributed by atoms with van der Waals surface area (Å²) in [6.07, 6.45) is 11.3. The van der Waals surface area contributed by atoms with Crippen LogP contribution >= 0.6 is 0 Å². The fourth-order valence-corrected chi connectivity index (χ4v) is 6.44. The van der Waals surface area contributed by atoms with Gasteiger partial charge in [0.15, 0.2) is 0 Å². The Morgan fingerprint density at radius 1 is 1.38 bits per heavy atom. The van der Waals surface area contributed by atoms with E-state index in [4.69, 9.17) is 9.47 Å². The van der Waals surface area contributed by atoms with Gasteiger partial charge in [-0.1, -0.05) is 37.6 Å². The van der Waals surface area contributed by atoms with Crippen LogP contribution in [0.3, 0.4) is 0 Å². The molecule has 1 N–H and O–H groups in total. The molecule has 1 heterocycles. The number of hydrogen-bond donors (Lipinski definition) is 1. The molecule has 5 unspecified atom stereocenters. The standard InChI is InChI=1S/C27H40O5/c1-18(9-10-23-22(16-28)15-25(30)32-23)11-14-27(17-31-21(4)29)20(3)12-13-26(5)19(2)7-6-8-24(26)27/h9,15,20,23-24,28H,2,6-8,10-14,16-17H2,1,3-5H3. The molecule has 0 bridgehead atoms. The number of carbonyl (C=O) groups excluding carboxylic acids is 2. The molecule has 5 nitrogen and oxygen atoms in total. The van der Waals surface area contributed by atoms with Gasteiger partial charge in [-0.15, -0.1) is 0 Å². The van der Waals surface area contributed by atoms with Crippen LogP contribution in [0.15, 0.2) is 35.5 Å². The minimum absolute atomic E-state index is 0.0624. The summed E-state index contributed by atoms with van der Waals surface area (Å²) in [6.45, 7) is 13.1. The van der Waals surface area contributed by atoms with Crippen LogP contribution in [0.2, 0.25) is 0 Å². The van der Waals surface area contributed by atoms with Crippen LogP contribution in [-0.4, -0.2) is 36.4 Å². The Hall–Kier alpha value is -1.88. The summed E-state index contributed by atoms with van der Waals surface area (Å²) >= 11 is 0. The van der Waals surface area contributed by atoms with Gasteiger partial charge in [-0.05, 0) is 69.1 Å². The van der Waals surface area contributed by atoms with Crippen LogP contribution in [0.4, 0.5) is 0 Å². The summed E-state index contributed by atoms with van der Waals surface area (Å²) in [5.41, 5.74) is 3.30. The lowest BCUT2D eigenvalue weighted by molar-refractivity contribution is -0.157. The quantitative estimate of drug-likeness (QED) is 0.407. The molecule has 3 rings (SSSR count). The Labute approximate surface area is 192 Å². The number of aliphatic hydroxyl groups excluding tert-OH is 1. The first-order valence-corrected chi connectivity index (χ1v) is 12.1. The van der Waals surface area contributed by atoms with Crippen molar-refractivity contribution in [3.05, 3.63) is 35.5 Å². The third-order valence-electron chi connectivity index (χ3n) is 8.69. The van der Waals surface area contributed by atoms with Gasteiger partial charge in [0.2, 0.25) is 0 Å². The van der Waals surface area contributed by atoms with Crippen LogP contribution in [0.1, 0.15) is 79.1 Å². The van der Waals surface area contributed by atoms with Crippen molar-refractivity contribution < 1.29 is 24.2 Å². The topological polar surface area (TPSA) is 72.8 Å². The van der Waals surface area contributed by atoms with E-state index in [0.29, 0.717) is 30.4 Å². The predicted molar refractivity (Wildman–Crippen MR) is 125 cm³/mol. The summed E-state index contributed by atoms with van der Waals surface area (Å²) in [5, 5.41) is 9.45. The maximum Gasteiger partial charge on any atom is 0.331 e. The number of hydrogen-bond acceptors (Lipinski definition) is 5. The summed E-state index contributed by atoms with van der Waals surface area (Å²) in [5.74, 6) is 0.348. The molecule has 178 valence electrons. The van der Waals surface area contributed by atoms with E-state index in [1.165, 1.54) is 24.1 Å². The molecular formula is C27H40O5. The fourth-order valence-electron chi connectivity index (χ4n) is 6.44. The van der Waals surface area contributed by atoms with Gasteiger partial charge in [-0.25, -0.2) is 4.79 Å². The van der Waals surface area contributed by atoms with E-state index >= 15 is 0 Å². The van der Waals surface area contributed by atoms with E-state index in [1.807, 2.05) is 0 Å². The molecule has 32 heavy (non-hydrogen) atoms. The molecule has 2 saturated carbocycles. The number of fused-ring (bicyclic) bond motifs is 1. The van der Waals surface area contributed by atoms with Crippen LogP contribution in [0.5, 0.6) is 0 Å². The van der Waals surface area contributed by atoms with Crippen molar-refractivity contribution in [2.24, 2.45) is 22.7 Å². The molecule has 0 aromatic rings. The highest BCUT2D eigenvalue weighted by molar-refractivity contribution is 5.85. The molecule has 5 heteroatoms. The molecule has 2 aliphatic carbocycles. The van der Waals surface area contributed by atoms with Gasteiger partial charge in [0, 0.05) is 30.4 Å². The minimum atomic E-state index is -0.377. The summed E-state index contributed by atoms with van der Waals surface area (Å²) < 4.78 is 11.0. The Bertz CT molecular complexity index is 809.